The summed E-state index contributed by atoms with van der Waals surface area (Å²) in [6.45, 7) is 4.63. The van der Waals surface area contributed by atoms with Crippen LogP contribution in [0.1, 0.15) is 19.8 Å². The highest BCUT2D eigenvalue weighted by atomic mass is 16.5. The van der Waals surface area contributed by atoms with Gasteiger partial charge in [0.1, 0.15) is 17.6 Å². The molecule has 0 aliphatic carbocycles. The number of benzene rings is 1. The summed E-state index contributed by atoms with van der Waals surface area (Å²) >= 11 is 0. The van der Waals surface area contributed by atoms with E-state index in [0.29, 0.717) is 12.6 Å². The van der Waals surface area contributed by atoms with E-state index < -0.39 is 0 Å². The first kappa shape index (κ1) is 14.2. The second-order valence-corrected chi connectivity index (χ2v) is 4.76. The Morgan fingerprint density at radius 1 is 1.37 bits per heavy atom. The van der Waals surface area contributed by atoms with Crippen molar-refractivity contribution < 1.29 is 14.2 Å². The topological polar surface area (TPSA) is 39.7 Å². The van der Waals surface area contributed by atoms with Crippen LogP contribution in [0.25, 0.3) is 0 Å². The van der Waals surface area contributed by atoms with Gasteiger partial charge in [-0.15, -0.1) is 0 Å². The molecule has 2 rings (SSSR count). The monoisotopic (exact) mass is 265 g/mol. The average molecular weight is 265 g/mol. The zero-order valence-electron chi connectivity index (χ0n) is 11.7. The summed E-state index contributed by atoms with van der Waals surface area (Å²) in [5, 5.41) is 3.53. The highest BCUT2D eigenvalue weighted by Crippen LogP contribution is 2.22. The molecule has 0 saturated carbocycles. The number of methoxy groups -OCH3 is 1. The van der Waals surface area contributed by atoms with Crippen LogP contribution in [0.3, 0.4) is 0 Å². The molecule has 19 heavy (non-hydrogen) atoms. The minimum absolute atomic E-state index is 0.0624. The maximum absolute atomic E-state index is 6.04. The minimum Gasteiger partial charge on any atom is -0.497 e. The highest BCUT2D eigenvalue weighted by molar-refractivity contribution is 5.33. The Kier molecular flexibility index (Phi) is 5.48. The van der Waals surface area contributed by atoms with Crippen molar-refractivity contribution in [2.45, 2.75) is 31.9 Å². The van der Waals surface area contributed by atoms with Crippen molar-refractivity contribution in [2.75, 3.05) is 26.9 Å². The van der Waals surface area contributed by atoms with Crippen molar-refractivity contribution in [3.63, 3.8) is 0 Å². The fraction of sp³-hybridized carbons (Fsp3) is 0.600. The van der Waals surface area contributed by atoms with Gasteiger partial charge in [-0.2, -0.15) is 0 Å². The summed E-state index contributed by atoms with van der Waals surface area (Å²) in [6, 6.07) is 8.07. The summed E-state index contributed by atoms with van der Waals surface area (Å²) in [5.74, 6) is 1.64. The molecule has 1 N–H and O–H groups in total. The van der Waals surface area contributed by atoms with Crippen molar-refractivity contribution in [2.24, 2.45) is 0 Å². The summed E-state index contributed by atoms with van der Waals surface area (Å²) in [5.41, 5.74) is 0. The molecule has 0 bridgehead atoms. The molecule has 1 heterocycles. The molecule has 1 aromatic rings. The molecule has 1 fully saturated rings. The van der Waals surface area contributed by atoms with Gasteiger partial charge >= 0.3 is 0 Å². The lowest BCUT2D eigenvalue weighted by atomic mass is 10.1. The standard InChI is InChI=1S/C15H23NO3/c1-3-8-16-14-7-9-18-11-15(14)19-13-6-4-5-12(10-13)17-2/h4-6,10,14-16H,3,7-9,11H2,1-2H3. The van der Waals surface area contributed by atoms with E-state index in [4.69, 9.17) is 14.2 Å². The summed E-state index contributed by atoms with van der Waals surface area (Å²) in [4.78, 5) is 0. The number of ether oxygens (including phenoxy) is 3. The summed E-state index contributed by atoms with van der Waals surface area (Å²) < 4.78 is 16.8. The SMILES string of the molecule is CCCNC1CCOCC1Oc1cccc(OC)c1. The molecule has 1 aliphatic heterocycles. The lowest BCUT2D eigenvalue weighted by molar-refractivity contribution is -0.0147. The van der Waals surface area contributed by atoms with Crippen LogP contribution in [-0.4, -0.2) is 39.0 Å². The Morgan fingerprint density at radius 3 is 3.00 bits per heavy atom. The van der Waals surface area contributed by atoms with Crippen LogP contribution >= 0.6 is 0 Å². The van der Waals surface area contributed by atoms with Gasteiger partial charge < -0.3 is 19.5 Å². The highest BCUT2D eigenvalue weighted by Gasteiger charge is 2.26. The average Bonchev–Trinajstić information content (AvgIpc) is 2.46. The van der Waals surface area contributed by atoms with E-state index in [9.17, 15) is 0 Å². The third kappa shape index (κ3) is 4.11. The lowest BCUT2D eigenvalue weighted by Gasteiger charge is -2.32. The largest absolute Gasteiger partial charge is 0.497 e. The Morgan fingerprint density at radius 2 is 2.21 bits per heavy atom. The Labute approximate surface area is 115 Å². The number of hydrogen-bond acceptors (Lipinski definition) is 4. The Hall–Kier alpha value is -1.26. The molecule has 4 heteroatoms. The van der Waals surface area contributed by atoms with Crippen molar-refractivity contribution in [1.82, 2.24) is 5.32 Å². The third-order valence-corrected chi connectivity index (χ3v) is 3.29. The number of nitrogens with one attached hydrogen (secondary N) is 1. The second-order valence-electron chi connectivity index (χ2n) is 4.76. The summed E-state index contributed by atoms with van der Waals surface area (Å²) in [7, 11) is 1.66. The van der Waals surface area contributed by atoms with Gasteiger partial charge in [-0.25, -0.2) is 0 Å². The normalized spacial score (nSPS) is 23.1. The molecule has 0 radical (unpaired) electrons. The molecule has 2 unspecified atom stereocenters. The van der Waals surface area contributed by atoms with Crippen LogP contribution in [0.4, 0.5) is 0 Å². The van der Waals surface area contributed by atoms with Gasteiger partial charge in [-0.3, -0.25) is 0 Å². The quantitative estimate of drug-likeness (QED) is 0.856. The molecule has 2 atom stereocenters. The van der Waals surface area contributed by atoms with Gasteiger partial charge in [0.2, 0.25) is 0 Å². The second kappa shape index (κ2) is 7.36. The van der Waals surface area contributed by atoms with E-state index in [2.05, 4.69) is 12.2 Å². The predicted molar refractivity (Wildman–Crippen MR) is 74.9 cm³/mol. The van der Waals surface area contributed by atoms with Crippen LogP contribution in [0.2, 0.25) is 0 Å². The predicted octanol–water partition coefficient (Wildman–Crippen LogP) is 2.23. The van der Waals surface area contributed by atoms with Gasteiger partial charge in [0.25, 0.3) is 0 Å². The Bertz CT molecular complexity index is 383. The minimum atomic E-state index is 0.0624. The lowest BCUT2D eigenvalue weighted by Crippen LogP contribution is -2.49. The van der Waals surface area contributed by atoms with Gasteiger partial charge in [0.15, 0.2) is 0 Å². The van der Waals surface area contributed by atoms with Crippen molar-refractivity contribution in [1.29, 1.82) is 0 Å². The summed E-state index contributed by atoms with van der Waals surface area (Å²) in [6.07, 6.45) is 2.19. The molecule has 1 saturated heterocycles. The smallest absolute Gasteiger partial charge is 0.137 e. The van der Waals surface area contributed by atoms with Crippen LogP contribution in [0.15, 0.2) is 24.3 Å². The Balaban J connectivity index is 1.97. The molecule has 1 aliphatic rings. The van der Waals surface area contributed by atoms with Crippen molar-refractivity contribution in [3.8, 4) is 11.5 Å². The van der Waals surface area contributed by atoms with E-state index in [-0.39, 0.29) is 6.10 Å². The zero-order valence-corrected chi connectivity index (χ0v) is 11.7. The zero-order chi connectivity index (χ0) is 13.5. The van der Waals surface area contributed by atoms with Gasteiger partial charge in [-0.1, -0.05) is 13.0 Å². The fourth-order valence-corrected chi connectivity index (χ4v) is 2.24. The first-order valence-corrected chi connectivity index (χ1v) is 6.95. The first-order valence-electron chi connectivity index (χ1n) is 6.95. The molecule has 1 aromatic carbocycles. The number of rotatable bonds is 6. The van der Waals surface area contributed by atoms with Gasteiger partial charge in [-0.05, 0) is 31.5 Å². The first-order chi connectivity index (χ1) is 9.33. The molecule has 0 amide bonds. The molecule has 106 valence electrons. The number of hydrogen-bond donors (Lipinski definition) is 1. The van der Waals surface area contributed by atoms with E-state index in [0.717, 1.165) is 37.5 Å². The van der Waals surface area contributed by atoms with E-state index >= 15 is 0 Å². The maximum atomic E-state index is 6.04. The third-order valence-electron chi connectivity index (χ3n) is 3.29. The van der Waals surface area contributed by atoms with Crippen molar-refractivity contribution in [3.05, 3.63) is 24.3 Å². The van der Waals surface area contributed by atoms with Crippen LogP contribution in [0, 0.1) is 0 Å². The molecule has 0 aromatic heterocycles. The van der Waals surface area contributed by atoms with E-state index in [1.54, 1.807) is 7.11 Å². The fourth-order valence-electron chi connectivity index (χ4n) is 2.24. The van der Waals surface area contributed by atoms with Gasteiger partial charge in [0, 0.05) is 18.7 Å². The van der Waals surface area contributed by atoms with E-state index in [1.807, 2.05) is 24.3 Å². The van der Waals surface area contributed by atoms with Crippen LogP contribution < -0.4 is 14.8 Å². The van der Waals surface area contributed by atoms with Crippen LogP contribution in [0.5, 0.6) is 11.5 Å². The van der Waals surface area contributed by atoms with Crippen LogP contribution in [-0.2, 0) is 4.74 Å². The molecule has 4 nitrogen and oxygen atoms in total. The van der Waals surface area contributed by atoms with Crippen molar-refractivity contribution >= 4 is 0 Å². The van der Waals surface area contributed by atoms with E-state index in [1.165, 1.54) is 0 Å². The maximum Gasteiger partial charge on any atom is 0.137 e. The van der Waals surface area contributed by atoms with Gasteiger partial charge in [0.05, 0.1) is 13.7 Å². The molecular formula is C15H23NO3. The molecular weight excluding hydrogens is 242 g/mol. The molecule has 0 spiro atoms.